The van der Waals surface area contributed by atoms with Crippen LogP contribution in [0.5, 0.6) is 0 Å². The topological polar surface area (TPSA) is 29.0 Å². The molecule has 6 heteroatoms. The maximum absolute atomic E-state index is 13.5. The first-order valence-electron chi connectivity index (χ1n) is 11.1. The Morgan fingerprint density at radius 3 is 2.60 bits per heavy atom. The molecule has 1 aliphatic carbocycles. The number of hydrogen-bond donors (Lipinski definition) is 2. The maximum Gasteiger partial charge on any atom is 0.248 e. The number of fused-ring (bicyclic) bond motifs is 1. The molecule has 3 nitrogen and oxygen atoms in total. The second kappa shape index (κ2) is 10.6. The number of nitrogens with zero attached hydrogens (tertiary/aromatic N) is 1. The first-order chi connectivity index (χ1) is 14.0. The number of aryl methyl sites for hydroxylation is 1. The van der Waals surface area contributed by atoms with Gasteiger partial charge in [0.25, 0.3) is 0 Å². The average Bonchev–Trinajstić information content (AvgIpc) is 3.04. The van der Waals surface area contributed by atoms with Crippen LogP contribution in [0.25, 0.3) is 10.9 Å². The third kappa shape index (κ3) is 6.04. The van der Waals surface area contributed by atoms with Crippen molar-refractivity contribution in [3.63, 3.8) is 0 Å². The summed E-state index contributed by atoms with van der Waals surface area (Å²) in [5, 5.41) is 8.41. The standard InChI is InChI=1S/C23H32BrF2N3.CH4/c24-19-3-4-22-21(14-19)18(2-1-11-28-20-7-12-27-13-8-20)16-29(22)15-17-5-9-23(25,26)10-6-17;/h3-4,14,16-17,20,27-28H,1-2,5-13,15H2;1H4. The molecule has 1 saturated carbocycles. The first kappa shape index (κ1) is 23.7. The van der Waals surface area contributed by atoms with Gasteiger partial charge in [-0.3, -0.25) is 0 Å². The van der Waals surface area contributed by atoms with Crippen molar-refractivity contribution in [2.24, 2.45) is 5.92 Å². The van der Waals surface area contributed by atoms with Gasteiger partial charge in [-0.25, -0.2) is 8.78 Å². The number of nitrogens with one attached hydrogen (secondary N) is 2. The number of hydrogen-bond acceptors (Lipinski definition) is 2. The van der Waals surface area contributed by atoms with E-state index < -0.39 is 5.92 Å². The zero-order chi connectivity index (χ0) is 20.3. The normalized spacial score (nSPS) is 20.4. The van der Waals surface area contributed by atoms with Crippen molar-refractivity contribution in [1.82, 2.24) is 15.2 Å². The van der Waals surface area contributed by atoms with Crippen LogP contribution in [-0.4, -0.2) is 36.2 Å². The highest BCUT2D eigenvalue weighted by Crippen LogP contribution is 2.37. The Balaban J connectivity index is 0.00000256. The summed E-state index contributed by atoms with van der Waals surface area (Å²) >= 11 is 3.61. The van der Waals surface area contributed by atoms with E-state index in [1.807, 2.05) is 0 Å². The molecule has 1 aliphatic heterocycles. The Hall–Kier alpha value is -0.980. The molecule has 0 spiro atoms. The fourth-order valence-corrected chi connectivity index (χ4v) is 5.23. The molecule has 1 aromatic heterocycles. The van der Waals surface area contributed by atoms with E-state index in [4.69, 9.17) is 0 Å². The molecule has 0 atom stereocenters. The Labute approximate surface area is 188 Å². The zero-order valence-electron chi connectivity index (χ0n) is 17.0. The average molecular weight is 484 g/mol. The third-order valence-corrected chi connectivity index (χ3v) is 7.11. The monoisotopic (exact) mass is 483 g/mol. The van der Waals surface area contributed by atoms with Crippen molar-refractivity contribution in [1.29, 1.82) is 0 Å². The number of halogens is 3. The molecule has 1 saturated heterocycles. The van der Waals surface area contributed by atoms with Crippen molar-refractivity contribution >= 4 is 26.8 Å². The second-order valence-corrected chi connectivity index (χ2v) is 9.77. The van der Waals surface area contributed by atoms with E-state index in [-0.39, 0.29) is 20.3 Å². The molecule has 2 fully saturated rings. The maximum atomic E-state index is 13.5. The van der Waals surface area contributed by atoms with E-state index in [2.05, 4.69) is 55.5 Å². The zero-order valence-corrected chi connectivity index (χ0v) is 18.6. The smallest absolute Gasteiger partial charge is 0.248 e. The minimum atomic E-state index is -2.45. The molecule has 168 valence electrons. The van der Waals surface area contributed by atoms with Gasteiger partial charge >= 0.3 is 0 Å². The molecule has 0 unspecified atom stereocenters. The van der Waals surface area contributed by atoms with Gasteiger partial charge in [0, 0.05) is 47.0 Å². The molecule has 2 heterocycles. The van der Waals surface area contributed by atoms with Gasteiger partial charge in [-0.15, -0.1) is 0 Å². The van der Waals surface area contributed by atoms with Crippen LogP contribution in [0, 0.1) is 5.92 Å². The molecular weight excluding hydrogens is 448 g/mol. The van der Waals surface area contributed by atoms with Crippen molar-refractivity contribution < 1.29 is 8.78 Å². The Kier molecular flexibility index (Phi) is 8.33. The Morgan fingerprint density at radius 1 is 1.13 bits per heavy atom. The largest absolute Gasteiger partial charge is 0.347 e. The molecule has 0 bridgehead atoms. The lowest BCUT2D eigenvalue weighted by Crippen LogP contribution is -2.40. The van der Waals surface area contributed by atoms with Gasteiger partial charge in [0.1, 0.15) is 0 Å². The van der Waals surface area contributed by atoms with Crippen LogP contribution in [0.15, 0.2) is 28.9 Å². The second-order valence-electron chi connectivity index (χ2n) is 8.85. The van der Waals surface area contributed by atoms with E-state index >= 15 is 0 Å². The van der Waals surface area contributed by atoms with Crippen molar-refractivity contribution in [3.05, 3.63) is 34.4 Å². The van der Waals surface area contributed by atoms with E-state index in [9.17, 15) is 8.78 Å². The summed E-state index contributed by atoms with van der Waals surface area (Å²) in [5.41, 5.74) is 2.60. The van der Waals surface area contributed by atoms with Crippen molar-refractivity contribution in [2.45, 2.75) is 77.3 Å². The van der Waals surface area contributed by atoms with Crippen LogP contribution in [0.2, 0.25) is 0 Å². The summed E-state index contributed by atoms with van der Waals surface area (Å²) in [6.07, 6.45) is 8.19. The van der Waals surface area contributed by atoms with Crippen molar-refractivity contribution in [2.75, 3.05) is 19.6 Å². The predicted molar refractivity (Wildman–Crippen MR) is 125 cm³/mol. The SMILES string of the molecule is C.FC1(F)CCC(Cn2cc(CCCNC3CCNCC3)c3cc(Br)ccc32)CC1. The number of rotatable bonds is 7. The lowest BCUT2D eigenvalue weighted by Gasteiger charge is -2.28. The summed E-state index contributed by atoms with van der Waals surface area (Å²) in [7, 11) is 0. The van der Waals surface area contributed by atoms with Crippen LogP contribution in [0.1, 0.15) is 57.9 Å². The number of alkyl halides is 2. The fourth-order valence-electron chi connectivity index (χ4n) is 4.87. The van der Waals surface area contributed by atoms with Crippen LogP contribution in [0.4, 0.5) is 8.78 Å². The van der Waals surface area contributed by atoms with Gasteiger partial charge in [0.15, 0.2) is 0 Å². The lowest BCUT2D eigenvalue weighted by atomic mass is 9.87. The minimum Gasteiger partial charge on any atom is -0.347 e. The van der Waals surface area contributed by atoms with Gasteiger partial charge < -0.3 is 15.2 Å². The Bertz CT molecular complexity index is 804. The molecule has 2 aromatic rings. The highest BCUT2D eigenvalue weighted by Gasteiger charge is 2.35. The molecule has 0 radical (unpaired) electrons. The van der Waals surface area contributed by atoms with E-state index in [1.54, 1.807) is 0 Å². The summed E-state index contributed by atoms with van der Waals surface area (Å²) in [6.45, 7) is 4.13. The van der Waals surface area contributed by atoms with Crippen LogP contribution in [-0.2, 0) is 13.0 Å². The molecule has 0 amide bonds. The summed E-state index contributed by atoms with van der Waals surface area (Å²) < 4.78 is 30.4. The molecule has 1 aromatic carbocycles. The number of piperidine rings is 1. The molecule has 4 rings (SSSR count). The summed E-state index contributed by atoms with van der Waals surface area (Å²) in [6, 6.07) is 7.09. The third-order valence-electron chi connectivity index (χ3n) is 6.61. The molecular formula is C24H36BrF2N3. The molecule has 30 heavy (non-hydrogen) atoms. The highest BCUT2D eigenvalue weighted by atomic mass is 79.9. The van der Waals surface area contributed by atoms with Crippen LogP contribution < -0.4 is 10.6 Å². The van der Waals surface area contributed by atoms with Gasteiger partial charge in [0.05, 0.1) is 0 Å². The van der Waals surface area contributed by atoms with Gasteiger partial charge in [-0.05, 0) is 87.8 Å². The van der Waals surface area contributed by atoms with Gasteiger partial charge in [-0.2, -0.15) is 0 Å². The predicted octanol–water partition coefficient (Wildman–Crippen LogP) is 6.14. The summed E-state index contributed by atoms with van der Waals surface area (Å²) in [5.74, 6) is -2.10. The summed E-state index contributed by atoms with van der Waals surface area (Å²) in [4.78, 5) is 0. The first-order valence-corrected chi connectivity index (χ1v) is 11.9. The van der Waals surface area contributed by atoms with Crippen LogP contribution >= 0.6 is 15.9 Å². The number of benzene rings is 1. The van der Waals surface area contributed by atoms with Gasteiger partial charge in [-0.1, -0.05) is 23.4 Å². The molecule has 2 aliphatic rings. The molecule has 2 N–H and O–H groups in total. The number of aromatic nitrogens is 1. The van der Waals surface area contributed by atoms with Gasteiger partial charge in [0.2, 0.25) is 5.92 Å². The quantitative estimate of drug-likeness (QED) is 0.463. The Morgan fingerprint density at radius 2 is 1.87 bits per heavy atom. The van der Waals surface area contributed by atoms with E-state index in [0.717, 1.165) is 43.5 Å². The highest BCUT2D eigenvalue weighted by molar-refractivity contribution is 9.10. The minimum absolute atomic E-state index is 0. The van der Waals surface area contributed by atoms with E-state index in [0.29, 0.717) is 24.8 Å². The lowest BCUT2D eigenvalue weighted by molar-refractivity contribution is -0.0472. The van der Waals surface area contributed by atoms with E-state index in [1.165, 1.54) is 29.3 Å². The fraction of sp³-hybridized carbons (Fsp3) is 0.667. The van der Waals surface area contributed by atoms with Crippen molar-refractivity contribution in [3.8, 4) is 0 Å². The van der Waals surface area contributed by atoms with Crippen LogP contribution in [0.3, 0.4) is 0 Å².